The van der Waals surface area contributed by atoms with Crippen molar-refractivity contribution in [1.82, 2.24) is 0 Å². The van der Waals surface area contributed by atoms with Gasteiger partial charge in [0.15, 0.2) is 0 Å². The topological polar surface area (TPSA) is 26.0 Å². The summed E-state index contributed by atoms with van der Waals surface area (Å²) in [4.78, 5) is 0. The lowest BCUT2D eigenvalue weighted by molar-refractivity contribution is 0.617. The van der Waals surface area contributed by atoms with Gasteiger partial charge in [-0.1, -0.05) is 42.0 Å². The van der Waals surface area contributed by atoms with Crippen molar-refractivity contribution < 1.29 is 4.39 Å². The Bertz CT molecular complexity index is 534. The predicted molar refractivity (Wildman–Crippen MR) is 68.3 cm³/mol. The van der Waals surface area contributed by atoms with Crippen LogP contribution in [0.3, 0.4) is 0 Å². The standard InChI is InChI=1S/C15H16FN/c1-10-4-3-5-12(8-10)15(17)13-6-7-14(16)11(2)9-13/h3-9,15H,17H2,1-2H3. The van der Waals surface area contributed by atoms with E-state index in [4.69, 9.17) is 5.73 Å². The molecule has 0 saturated carbocycles. The molecule has 0 saturated heterocycles. The average Bonchev–Trinajstić information content (AvgIpc) is 2.32. The highest BCUT2D eigenvalue weighted by Crippen LogP contribution is 2.22. The first-order valence-electron chi connectivity index (χ1n) is 5.66. The molecule has 0 bridgehead atoms. The third-order valence-electron chi connectivity index (χ3n) is 2.94. The van der Waals surface area contributed by atoms with E-state index in [0.29, 0.717) is 5.56 Å². The molecule has 1 nitrogen and oxygen atoms in total. The van der Waals surface area contributed by atoms with E-state index in [1.807, 2.05) is 31.2 Å². The number of aryl methyl sites for hydroxylation is 2. The van der Waals surface area contributed by atoms with E-state index in [1.54, 1.807) is 13.0 Å². The van der Waals surface area contributed by atoms with Gasteiger partial charge in [-0.15, -0.1) is 0 Å². The second-order valence-electron chi connectivity index (χ2n) is 4.40. The maximum atomic E-state index is 13.2. The molecule has 17 heavy (non-hydrogen) atoms. The highest BCUT2D eigenvalue weighted by molar-refractivity contribution is 5.35. The fourth-order valence-corrected chi connectivity index (χ4v) is 1.92. The van der Waals surface area contributed by atoms with Gasteiger partial charge in [0.2, 0.25) is 0 Å². The first kappa shape index (κ1) is 11.8. The Labute approximate surface area is 101 Å². The zero-order valence-electron chi connectivity index (χ0n) is 10.1. The van der Waals surface area contributed by atoms with E-state index >= 15 is 0 Å². The van der Waals surface area contributed by atoms with Crippen molar-refractivity contribution in [1.29, 1.82) is 0 Å². The monoisotopic (exact) mass is 229 g/mol. The van der Waals surface area contributed by atoms with Gasteiger partial charge in [0, 0.05) is 0 Å². The van der Waals surface area contributed by atoms with Crippen LogP contribution in [0.15, 0.2) is 42.5 Å². The Balaban J connectivity index is 2.36. The van der Waals surface area contributed by atoms with Crippen LogP contribution in [-0.2, 0) is 0 Å². The lowest BCUT2D eigenvalue weighted by Gasteiger charge is -2.14. The lowest BCUT2D eigenvalue weighted by Crippen LogP contribution is -2.12. The predicted octanol–water partition coefficient (Wildman–Crippen LogP) is 3.49. The van der Waals surface area contributed by atoms with Crippen LogP contribution in [0.1, 0.15) is 28.3 Å². The highest BCUT2D eigenvalue weighted by Gasteiger charge is 2.10. The molecular formula is C15H16FN. The Kier molecular flexibility index (Phi) is 3.25. The van der Waals surface area contributed by atoms with Crippen LogP contribution in [0, 0.1) is 19.7 Å². The van der Waals surface area contributed by atoms with E-state index in [9.17, 15) is 4.39 Å². The Morgan fingerprint density at radius 3 is 2.35 bits per heavy atom. The SMILES string of the molecule is Cc1cccc(C(N)c2ccc(F)c(C)c2)c1. The molecule has 88 valence electrons. The van der Waals surface area contributed by atoms with Gasteiger partial charge < -0.3 is 5.73 Å². The lowest BCUT2D eigenvalue weighted by atomic mass is 9.97. The summed E-state index contributed by atoms with van der Waals surface area (Å²) in [5, 5.41) is 0. The zero-order valence-corrected chi connectivity index (χ0v) is 10.1. The van der Waals surface area contributed by atoms with E-state index in [0.717, 1.165) is 11.1 Å². The fraction of sp³-hybridized carbons (Fsp3) is 0.200. The summed E-state index contributed by atoms with van der Waals surface area (Å²) in [6, 6.07) is 12.9. The molecular weight excluding hydrogens is 213 g/mol. The summed E-state index contributed by atoms with van der Waals surface area (Å²) in [5.74, 6) is -0.190. The van der Waals surface area contributed by atoms with Crippen LogP contribution < -0.4 is 5.73 Å². The second kappa shape index (κ2) is 4.68. The minimum atomic E-state index is -0.200. The van der Waals surface area contributed by atoms with E-state index in [-0.39, 0.29) is 11.9 Å². The molecule has 2 rings (SSSR count). The molecule has 0 aliphatic rings. The number of halogens is 1. The number of nitrogens with two attached hydrogens (primary N) is 1. The van der Waals surface area contributed by atoms with Crippen molar-refractivity contribution in [2.75, 3.05) is 0 Å². The van der Waals surface area contributed by atoms with Crippen LogP contribution in [0.2, 0.25) is 0 Å². The van der Waals surface area contributed by atoms with Crippen molar-refractivity contribution >= 4 is 0 Å². The zero-order chi connectivity index (χ0) is 12.4. The molecule has 2 heteroatoms. The molecule has 2 aromatic carbocycles. The van der Waals surface area contributed by atoms with E-state index in [2.05, 4.69) is 6.07 Å². The Hall–Kier alpha value is -1.67. The third-order valence-corrected chi connectivity index (χ3v) is 2.94. The number of hydrogen-bond acceptors (Lipinski definition) is 1. The normalized spacial score (nSPS) is 12.5. The molecule has 0 aliphatic carbocycles. The first-order chi connectivity index (χ1) is 8.08. The van der Waals surface area contributed by atoms with E-state index in [1.165, 1.54) is 11.6 Å². The molecule has 0 aromatic heterocycles. The molecule has 2 aromatic rings. The van der Waals surface area contributed by atoms with Gasteiger partial charge in [0.25, 0.3) is 0 Å². The quantitative estimate of drug-likeness (QED) is 0.838. The average molecular weight is 229 g/mol. The van der Waals surface area contributed by atoms with Gasteiger partial charge in [-0.3, -0.25) is 0 Å². The van der Waals surface area contributed by atoms with Crippen LogP contribution in [0.4, 0.5) is 4.39 Å². The molecule has 0 radical (unpaired) electrons. The second-order valence-corrected chi connectivity index (χ2v) is 4.40. The minimum Gasteiger partial charge on any atom is -0.320 e. The Morgan fingerprint density at radius 1 is 1.00 bits per heavy atom. The molecule has 1 unspecified atom stereocenters. The van der Waals surface area contributed by atoms with Crippen LogP contribution in [0.5, 0.6) is 0 Å². The molecule has 2 N–H and O–H groups in total. The van der Waals surface area contributed by atoms with Crippen molar-refractivity contribution in [3.05, 3.63) is 70.5 Å². The first-order valence-corrected chi connectivity index (χ1v) is 5.66. The molecule has 0 heterocycles. The van der Waals surface area contributed by atoms with Crippen molar-refractivity contribution in [3.63, 3.8) is 0 Å². The summed E-state index contributed by atoms with van der Waals surface area (Å²) >= 11 is 0. The van der Waals surface area contributed by atoms with Crippen LogP contribution in [-0.4, -0.2) is 0 Å². The van der Waals surface area contributed by atoms with Gasteiger partial charge in [-0.2, -0.15) is 0 Å². The van der Waals surface area contributed by atoms with Gasteiger partial charge in [-0.25, -0.2) is 4.39 Å². The maximum Gasteiger partial charge on any atom is 0.126 e. The maximum absolute atomic E-state index is 13.2. The van der Waals surface area contributed by atoms with Gasteiger partial charge in [0.1, 0.15) is 5.82 Å². The summed E-state index contributed by atoms with van der Waals surface area (Å²) in [7, 11) is 0. The van der Waals surface area contributed by atoms with Gasteiger partial charge in [-0.05, 0) is 36.6 Å². The number of rotatable bonds is 2. The summed E-state index contributed by atoms with van der Waals surface area (Å²) in [6.45, 7) is 3.79. The molecule has 0 amide bonds. The van der Waals surface area contributed by atoms with E-state index < -0.39 is 0 Å². The van der Waals surface area contributed by atoms with Crippen molar-refractivity contribution in [2.45, 2.75) is 19.9 Å². The largest absolute Gasteiger partial charge is 0.320 e. The summed E-state index contributed by atoms with van der Waals surface area (Å²) < 4.78 is 13.2. The van der Waals surface area contributed by atoms with Gasteiger partial charge >= 0.3 is 0 Å². The van der Waals surface area contributed by atoms with Crippen molar-refractivity contribution in [3.8, 4) is 0 Å². The number of hydrogen-bond donors (Lipinski definition) is 1. The Morgan fingerprint density at radius 2 is 1.71 bits per heavy atom. The smallest absolute Gasteiger partial charge is 0.126 e. The fourth-order valence-electron chi connectivity index (χ4n) is 1.92. The van der Waals surface area contributed by atoms with Crippen molar-refractivity contribution in [2.24, 2.45) is 5.73 Å². The van der Waals surface area contributed by atoms with Gasteiger partial charge in [0.05, 0.1) is 6.04 Å². The minimum absolute atomic E-state index is 0.190. The molecule has 0 fully saturated rings. The summed E-state index contributed by atoms with van der Waals surface area (Å²) in [5.41, 5.74) is 9.98. The molecule has 0 aliphatic heterocycles. The molecule has 1 atom stereocenters. The van der Waals surface area contributed by atoms with Crippen LogP contribution in [0.25, 0.3) is 0 Å². The van der Waals surface area contributed by atoms with Crippen LogP contribution >= 0.6 is 0 Å². The number of benzene rings is 2. The third kappa shape index (κ3) is 2.53. The molecule has 0 spiro atoms. The summed E-state index contributed by atoms with van der Waals surface area (Å²) in [6.07, 6.45) is 0. The highest BCUT2D eigenvalue weighted by atomic mass is 19.1.